The van der Waals surface area contributed by atoms with Crippen molar-refractivity contribution >= 4 is 27.8 Å². The van der Waals surface area contributed by atoms with Gasteiger partial charge < -0.3 is 9.64 Å². The van der Waals surface area contributed by atoms with Crippen LogP contribution in [0.3, 0.4) is 0 Å². The van der Waals surface area contributed by atoms with Crippen molar-refractivity contribution in [1.29, 1.82) is 0 Å². The fourth-order valence-electron chi connectivity index (χ4n) is 2.58. The number of rotatable bonds is 2. The third-order valence-corrected chi connectivity index (χ3v) is 3.98. The molecule has 1 saturated heterocycles. The van der Waals surface area contributed by atoms with E-state index in [4.69, 9.17) is 4.74 Å². The minimum Gasteiger partial charge on any atom is -0.467 e. The van der Waals surface area contributed by atoms with E-state index in [1.54, 1.807) is 11.0 Å². The summed E-state index contributed by atoms with van der Waals surface area (Å²) in [7, 11) is 1.36. The summed E-state index contributed by atoms with van der Waals surface area (Å²) in [5.74, 6) is -0.436. The number of carbonyl (C=O) groups excluding carboxylic acids is 2. The lowest BCUT2D eigenvalue weighted by Gasteiger charge is -2.33. The summed E-state index contributed by atoms with van der Waals surface area (Å²) in [6.07, 6.45) is 2.54. The molecule has 1 aliphatic rings. The SMILES string of the molecule is COC(=O)[C@H]1CCCCN1C(=O)c1cc(C)cc(Br)c1. The standard InChI is InChI=1S/C15H18BrNO3/c1-10-7-11(9-12(16)8-10)14(18)17-6-4-3-5-13(17)15(19)20-2/h7-9,13H,3-6H2,1-2H3/t13-/m1/s1. The van der Waals surface area contributed by atoms with E-state index < -0.39 is 6.04 Å². The molecular weight excluding hydrogens is 322 g/mol. The molecule has 0 unspecified atom stereocenters. The molecule has 1 aromatic carbocycles. The van der Waals surface area contributed by atoms with Crippen LogP contribution in [0.15, 0.2) is 22.7 Å². The topological polar surface area (TPSA) is 46.6 Å². The number of likely N-dealkylation sites (tertiary alicyclic amines) is 1. The highest BCUT2D eigenvalue weighted by Gasteiger charge is 2.33. The molecule has 0 bridgehead atoms. The molecule has 0 aliphatic carbocycles. The van der Waals surface area contributed by atoms with Crippen LogP contribution < -0.4 is 0 Å². The van der Waals surface area contributed by atoms with E-state index in [1.165, 1.54) is 7.11 Å². The molecule has 1 heterocycles. The van der Waals surface area contributed by atoms with E-state index in [0.29, 0.717) is 18.5 Å². The van der Waals surface area contributed by atoms with Gasteiger partial charge in [0.25, 0.3) is 5.91 Å². The van der Waals surface area contributed by atoms with Crippen LogP contribution >= 0.6 is 15.9 Å². The van der Waals surface area contributed by atoms with Crippen LogP contribution in [0.1, 0.15) is 35.2 Å². The molecule has 4 nitrogen and oxygen atoms in total. The fourth-order valence-corrected chi connectivity index (χ4v) is 3.19. The van der Waals surface area contributed by atoms with Crippen molar-refractivity contribution in [2.75, 3.05) is 13.7 Å². The number of aryl methyl sites for hydroxylation is 1. The van der Waals surface area contributed by atoms with Crippen molar-refractivity contribution in [2.45, 2.75) is 32.2 Å². The van der Waals surface area contributed by atoms with Gasteiger partial charge >= 0.3 is 5.97 Å². The van der Waals surface area contributed by atoms with Crippen LogP contribution in [-0.2, 0) is 9.53 Å². The van der Waals surface area contributed by atoms with Gasteiger partial charge in [-0.1, -0.05) is 15.9 Å². The Morgan fingerprint density at radius 3 is 2.70 bits per heavy atom. The number of ether oxygens (including phenoxy) is 1. The summed E-state index contributed by atoms with van der Waals surface area (Å²) >= 11 is 3.40. The Labute approximate surface area is 127 Å². The van der Waals surface area contributed by atoms with Crippen LogP contribution in [0.25, 0.3) is 0 Å². The minimum atomic E-state index is -0.458. The maximum absolute atomic E-state index is 12.6. The van der Waals surface area contributed by atoms with E-state index in [0.717, 1.165) is 22.9 Å². The maximum Gasteiger partial charge on any atom is 0.328 e. The lowest BCUT2D eigenvalue weighted by atomic mass is 10.0. The smallest absolute Gasteiger partial charge is 0.328 e. The van der Waals surface area contributed by atoms with Crippen molar-refractivity contribution in [2.24, 2.45) is 0 Å². The van der Waals surface area contributed by atoms with E-state index in [-0.39, 0.29) is 11.9 Å². The molecule has 2 rings (SSSR count). The van der Waals surface area contributed by atoms with Gasteiger partial charge in [-0.2, -0.15) is 0 Å². The van der Waals surface area contributed by atoms with Crippen molar-refractivity contribution in [3.63, 3.8) is 0 Å². The van der Waals surface area contributed by atoms with E-state index in [1.807, 2.05) is 19.1 Å². The molecular formula is C15H18BrNO3. The van der Waals surface area contributed by atoms with E-state index >= 15 is 0 Å². The first kappa shape index (κ1) is 15.0. The Kier molecular flexibility index (Phi) is 4.81. The number of carbonyl (C=O) groups is 2. The number of esters is 1. The molecule has 108 valence electrons. The van der Waals surface area contributed by atoms with Gasteiger partial charge in [-0.3, -0.25) is 4.79 Å². The summed E-state index contributed by atoms with van der Waals surface area (Å²) in [5, 5.41) is 0. The van der Waals surface area contributed by atoms with Gasteiger partial charge in [0.2, 0.25) is 0 Å². The molecule has 1 amide bonds. The average Bonchev–Trinajstić information content (AvgIpc) is 2.44. The number of halogens is 1. The van der Waals surface area contributed by atoms with Crippen molar-refractivity contribution < 1.29 is 14.3 Å². The zero-order valence-corrected chi connectivity index (χ0v) is 13.3. The second-order valence-corrected chi connectivity index (χ2v) is 5.97. The molecule has 20 heavy (non-hydrogen) atoms. The average molecular weight is 340 g/mol. The summed E-state index contributed by atoms with van der Waals surface area (Å²) in [4.78, 5) is 26.1. The fraction of sp³-hybridized carbons (Fsp3) is 0.467. The number of nitrogens with zero attached hydrogens (tertiary/aromatic N) is 1. The number of benzene rings is 1. The molecule has 1 atom stereocenters. The highest BCUT2D eigenvalue weighted by molar-refractivity contribution is 9.10. The summed E-state index contributed by atoms with van der Waals surface area (Å²) in [6, 6.07) is 5.12. The third-order valence-electron chi connectivity index (χ3n) is 3.53. The van der Waals surface area contributed by atoms with Crippen LogP contribution in [0.5, 0.6) is 0 Å². The molecule has 0 saturated carbocycles. The molecule has 5 heteroatoms. The molecule has 0 aromatic heterocycles. The lowest BCUT2D eigenvalue weighted by Crippen LogP contribution is -2.48. The predicted molar refractivity (Wildman–Crippen MR) is 79.6 cm³/mol. The van der Waals surface area contributed by atoms with E-state index in [9.17, 15) is 9.59 Å². The number of hydrogen-bond acceptors (Lipinski definition) is 3. The Balaban J connectivity index is 2.27. The van der Waals surface area contributed by atoms with Gasteiger partial charge in [-0.25, -0.2) is 4.79 Å². The van der Waals surface area contributed by atoms with Gasteiger partial charge in [0.05, 0.1) is 7.11 Å². The monoisotopic (exact) mass is 339 g/mol. The molecule has 1 fully saturated rings. The van der Waals surface area contributed by atoms with Crippen molar-refractivity contribution in [3.8, 4) is 0 Å². The number of amides is 1. The van der Waals surface area contributed by atoms with Crippen molar-refractivity contribution in [3.05, 3.63) is 33.8 Å². The zero-order valence-electron chi connectivity index (χ0n) is 11.7. The van der Waals surface area contributed by atoms with Crippen LogP contribution in [0, 0.1) is 6.92 Å². The second kappa shape index (κ2) is 6.39. The molecule has 0 radical (unpaired) electrons. The Hall–Kier alpha value is -1.36. The summed E-state index contributed by atoms with van der Waals surface area (Å²) < 4.78 is 5.68. The first-order chi connectivity index (χ1) is 9.52. The number of piperidine rings is 1. The van der Waals surface area contributed by atoms with Gasteiger partial charge in [0.15, 0.2) is 0 Å². The van der Waals surface area contributed by atoms with Crippen LogP contribution in [0.2, 0.25) is 0 Å². The molecule has 1 aromatic rings. The minimum absolute atomic E-state index is 0.107. The molecule has 0 spiro atoms. The normalized spacial score (nSPS) is 18.8. The third kappa shape index (κ3) is 3.20. The van der Waals surface area contributed by atoms with Gasteiger partial charge in [-0.05, 0) is 49.9 Å². The summed E-state index contributed by atoms with van der Waals surface area (Å²) in [6.45, 7) is 2.54. The zero-order chi connectivity index (χ0) is 14.7. The highest BCUT2D eigenvalue weighted by Crippen LogP contribution is 2.23. The first-order valence-corrected chi connectivity index (χ1v) is 7.48. The van der Waals surface area contributed by atoms with Crippen molar-refractivity contribution in [1.82, 2.24) is 4.90 Å². The van der Waals surface area contributed by atoms with E-state index in [2.05, 4.69) is 15.9 Å². The van der Waals surface area contributed by atoms with Crippen LogP contribution in [-0.4, -0.2) is 36.5 Å². The highest BCUT2D eigenvalue weighted by atomic mass is 79.9. The van der Waals surface area contributed by atoms with Gasteiger partial charge in [-0.15, -0.1) is 0 Å². The quantitative estimate of drug-likeness (QED) is 0.778. The maximum atomic E-state index is 12.6. The van der Waals surface area contributed by atoms with Gasteiger partial charge in [0, 0.05) is 16.6 Å². The molecule has 0 N–H and O–H groups in total. The van der Waals surface area contributed by atoms with Gasteiger partial charge in [0.1, 0.15) is 6.04 Å². The largest absolute Gasteiger partial charge is 0.467 e. The molecule has 1 aliphatic heterocycles. The second-order valence-electron chi connectivity index (χ2n) is 5.05. The predicted octanol–water partition coefficient (Wildman–Crippen LogP) is 2.93. The number of hydrogen-bond donors (Lipinski definition) is 0. The Bertz CT molecular complexity index is 510. The lowest BCUT2D eigenvalue weighted by molar-refractivity contribution is -0.147. The Morgan fingerprint density at radius 2 is 2.05 bits per heavy atom. The van der Waals surface area contributed by atoms with Crippen LogP contribution in [0.4, 0.5) is 0 Å². The summed E-state index contributed by atoms with van der Waals surface area (Å²) in [5.41, 5.74) is 1.61. The first-order valence-electron chi connectivity index (χ1n) is 6.69. The number of methoxy groups -OCH3 is 1. The Morgan fingerprint density at radius 1 is 1.30 bits per heavy atom.